The maximum absolute atomic E-state index is 10.9. The quantitative estimate of drug-likeness (QED) is 0.834. The van der Waals surface area contributed by atoms with Crippen molar-refractivity contribution < 1.29 is 15.0 Å². The van der Waals surface area contributed by atoms with E-state index in [1.807, 2.05) is 0 Å². The summed E-state index contributed by atoms with van der Waals surface area (Å²) in [6.45, 7) is 0.722. The Morgan fingerprint density at radius 3 is 2.83 bits per heavy atom. The number of hydrogen-bond acceptors (Lipinski definition) is 4. The van der Waals surface area contributed by atoms with Crippen LogP contribution in [0.3, 0.4) is 0 Å². The van der Waals surface area contributed by atoms with Gasteiger partial charge in [0.25, 0.3) is 0 Å². The highest BCUT2D eigenvalue weighted by Gasteiger charge is 2.31. The Bertz CT molecular complexity index is 467. The number of nitrogens with zero attached hydrogens (tertiary/aromatic N) is 1. The molecule has 1 saturated heterocycles. The van der Waals surface area contributed by atoms with Gasteiger partial charge in [-0.25, -0.2) is 0 Å². The molecule has 2 N–H and O–H groups in total. The predicted octanol–water partition coefficient (Wildman–Crippen LogP) is 1.83. The van der Waals surface area contributed by atoms with Crippen molar-refractivity contribution in [1.82, 2.24) is 4.90 Å². The van der Waals surface area contributed by atoms with Gasteiger partial charge in [0.15, 0.2) is 0 Å². The minimum Gasteiger partial charge on any atom is -0.506 e. The second-order valence-corrected chi connectivity index (χ2v) is 5.26. The summed E-state index contributed by atoms with van der Waals surface area (Å²) in [6, 6.07) is 2.73. The first-order valence-corrected chi connectivity index (χ1v) is 6.31. The van der Waals surface area contributed by atoms with Crippen molar-refractivity contribution in [2.75, 3.05) is 6.54 Å². The van der Waals surface area contributed by atoms with Crippen LogP contribution in [0.15, 0.2) is 12.1 Å². The molecule has 98 valence electrons. The number of β-amino-alcohol motifs (C(OH)–C–C–N with tert-alkyl or cyclic N) is 1. The number of aliphatic hydroxyl groups is 1. The Morgan fingerprint density at radius 1 is 1.44 bits per heavy atom. The number of carbonyl (C=O) groups is 1. The number of phenolic OH excluding ortho intramolecular Hbond substituents is 1. The molecule has 0 saturated carbocycles. The number of benzene rings is 1. The topological polar surface area (TPSA) is 60.8 Å². The SMILES string of the molecule is O=C[C@@H]1C[C@@H](O)CN1Cc1cc(Cl)cc(Cl)c1O. The van der Waals surface area contributed by atoms with Gasteiger partial charge in [-0.1, -0.05) is 23.2 Å². The van der Waals surface area contributed by atoms with Crippen molar-refractivity contribution in [1.29, 1.82) is 0 Å². The van der Waals surface area contributed by atoms with Gasteiger partial charge in [-0.3, -0.25) is 4.90 Å². The van der Waals surface area contributed by atoms with Crippen LogP contribution in [0.2, 0.25) is 10.0 Å². The summed E-state index contributed by atoms with van der Waals surface area (Å²) in [5.41, 5.74) is 0.549. The summed E-state index contributed by atoms with van der Waals surface area (Å²) >= 11 is 11.7. The van der Waals surface area contributed by atoms with Crippen molar-refractivity contribution in [3.63, 3.8) is 0 Å². The van der Waals surface area contributed by atoms with E-state index in [1.54, 1.807) is 11.0 Å². The number of hydrogen-bond donors (Lipinski definition) is 2. The second-order valence-electron chi connectivity index (χ2n) is 4.42. The van der Waals surface area contributed by atoms with Crippen molar-refractivity contribution in [2.45, 2.75) is 25.1 Å². The number of aldehydes is 1. The minimum atomic E-state index is -0.517. The molecular weight excluding hydrogens is 277 g/mol. The summed E-state index contributed by atoms with van der Waals surface area (Å²) in [6.07, 6.45) is 0.704. The average Bonchev–Trinajstić information content (AvgIpc) is 2.65. The van der Waals surface area contributed by atoms with E-state index >= 15 is 0 Å². The molecule has 2 atom stereocenters. The molecule has 1 aliphatic heterocycles. The van der Waals surface area contributed by atoms with Crippen LogP contribution in [0.5, 0.6) is 5.75 Å². The molecule has 0 bridgehead atoms. The van der Waals surface area contributed by atoms with E-state index < -0.39 is 6.10 Å². The lowest BCUT2D eigenvalue weighted by Gasteiger charge is -2.20. The van der Waals surface area contributed by atoms with Crippen LogP contribution in [0, 0.1) is 0 Å². The molecule has 0 aliphatic carbocycles. The third-order valence-corrected chi connectivity index (χ3v) is 3.57. The molecular formula is C12H13Cl2NO3. The van der Waals surface area contributed by atoms with E-state index in [-0.39, 0.29) is 16.8 Å². The Morgan fingerprint density at radius 2 is 2.17 bits per heavy atom. The second kappa shape index (κ2) is 5.45. The minimum absolute atomic E-state index is 0.0351. The van der Waals surface area contributed by atoms with E-state index in [4.69, 9.17) is 23.2 Å². The largest absolute Gasteiger partial charge is 0.506 e. The van der Waals surface area contributed by atoms with Crippen LogP contribution < -0.4 is 0 Å². The average molecular weight is 290 g/mol. The number of aliphatic hydroxyl groups excluding tert-OH is 1. The number of rotatable bonds is 3. The molecule has 1 aromatic rings. The van der Waals surface area contributed by atoms with Gasteiger partial charge in [0, 0.05) is 23.7 Å². The molecule has 1 aromatic carbocycles. The highest BCUT2D eigenvalue weighted by molar-refractivity contribution is 6.35. The van der Waals surface area contributed by atoms with Crippen molar-refractivity contribution in [2.24, 2.45) is 0 Å². The van der Waals surface area contributed by atoms with Gasteiger partial charge in [-0.05, 0) is 18.6 Å². The Labute approximate surface area is 115 Å². The molecule has 0 spiro atoms. The van der Waals surface area contributed by atoms with Crippen LogP contribution in [0.1, 0.15) is 12.0 Å². The fourth-order valence-electron chi connectivity index (χ4n) is 2.19. The smallest absolute Gasteiger partial charge is 0.138 e. The van der Waals surface area contributed by atoms with Crippen molar-refractivity contribution in [3.8, 4) is 5.75 Å². The lowest BCUT2D eigenvalue weighted by Crippen LogP contribution is -2.30. The van der Waals surface area contributed by atoms with E-state index in [9.17, 15) is 15.0 Å². The number of phenols is 1. The molecule has 0 unspecified atom stereocenters. The van der Waals surface area contributed by atoms with Crippen LogP contribution >= 0.6 is 23.2 Å². The van der Waals surface area contributed by atoms with Crippen LogP contribution in [-0.4, -0.2) is 40.1 Å². The molecule has 1 heterocycles. The first kappa shape index (κ1) is 13.6. The third-order valence-electron chi connectivity index (χ3n) is 3.07. The van der Waals surface area contributed by atoms with Gasteiger partial charge in [0.05, 0.1) is 17.2 Å². The van der Waals surface area contributed by atoms with Crippen molar-refractivity contribution in [3.05, 3.63) is 27.7 Å². The highest BCUT2D eigenvalue weighted by Crippen LogP contribution is 2.33. The maximum Gasteiger partial charge on any atom is 0.138 e. The summed E-state index contributed by atoms with van der Waals surface area (Å²) in [5, 5.41) is 20.0. The summed E-state index contributed by atoms with van der Waals surface area (Å²) < 4.78 is 0. The molecule has 2 rings (SSSR count). The fraction of sp³-hybridized carbons (Fsp3) is 0.417. The molecule has 0 aromatic heterocycles. The molecule has 1 aliphatic rings. The number of halogens is 2. The van der Waals surface area contributed by atoms with Crippen molar-refractivity contribution >= 4 is 29.5 Å². The van der Waals surface area contributed by atoms with E-state index in [0.29, 0.717) is 30.1 Å². The third kappa shape index (κ3) is 2.78. The zero-order valence-corrected chi connectivity index (χ0v) is 11.0. The molecule has 1 fully saturated rings. The Hall–Kier alpha value is -0.810. The van der Waals surface area contributed by atoms with E-state index in [2.05, 4.69) is 0 Å². The molecule has 4 nitrogen and oxygen atoms in total. The van der Waals surface area contributed by atoms with Gasteiger partial charge in [-0.15, -0.1) is 0 Å². The van der Waals surface area contributed by atoms with Gasteiger partial charge in [-0.2, -0.15) is 0 Å². The predicted molar refractivity (Wildman–Crippen MR) is 69.0 cm³/mol. The Balaban J connectivity index is 2.21. The lowest BCUT2D eigenvalue weighted by atomic mass is 10.1. The van der Waals surface area contributed by atoms with Gasteiger partial charge in [0.1, 0.15) is 12.0 Å². The standard InChI is InChI=1S/C12H13Cl2NO3/c13-8-1-7(12(18)11(14)2-8)4-15-5-10(17)3-9(15)6-16/h1-2,6,9-10,17-18H,3-5H2/t9-,10+/m0/s1. The first-order valence-electron chi connectivity index (χ1n) is 5.55. The zero-order chi connectivity index (χ0) is 13.3. The monoisotopic (exact) mass is 289 g/mol. The number of aromatic hydroxyl groups is 1. The fourth-order valence-corrected chi connectivity index (χ4v) is 2.73. The van der Waals surface area contributed by atoms with Crippen LogP contribution in [-0.2, 0) is 11.3 Å². The maximum atomic E-state index is 10.9. The van der Waals surface area contributed by atoms with Gasteiger partial charge < -0.3 is 15.0 Å². The van der Waals surface area contributed by atoms with E-state index in [1.165, 1.54) is 6.07 Å². The summed E-state index contributed by atoms with van der Waals surface area (Å²) in [5.74, 6) is -0.0351. The first-order chi connectivity index (χ1) is 8.51. The Kier molecular flexibility index (Phi) is 4.12. The lowest BCUT2D eigenvalue weighted by molar-refractivity contribution is -0.111. The van der Waals surface area contributed by atoms with Crippen LogP contribution in [0.25, 0.3) is 0 Å². The van der Waals surface area contributed by atoms with Crippen LogP contribution in [0.4, 0.5) is 0 Å². The number of likely N-dealkylation sites (tertiary alicyclic amines) is 1. The molecule has 0 radical (unpaired) electrons. The molecule has 18 heavy (non-hydrogen) atoms. The zero-order valence-electron chi connectivity index (χ0n) is 9.51. The van der Waals surface area contributed by atoms with Gasteiger partial charge in [0.2, 0.25) is 0 Å². The summed E-state index contributed by atoms with van der Waals surface area (Å²) in [7, 11) is 0. The molecule has 0 amide bonds. The molecule has 6 heteroatoms. The highest BCUT2D eigenvalue weighted by atomic mass is 35.5. The van der Waals surface area contributed by atoms with Gasteiger partial charge >= 0.3 is 0 Å². The normalized spacial score (nSPS) is 24.4. The number of carbonyl (C=O) groups excluding carboxylic acids is 1. The summed E-state index contributed by atoms with van der Waals surface area (Å²) in [4.78, 5) is 12.7. The van der Waals surface area contributed by atoms with E-state index in [0.717, 1.165) is 6.29 Å².